The Morgan fingerprint density at radius 3 is 2.76 bits per heavy atom. The van der Waals surface area contributed by atoms with E-state index in [2.05, 4.69) is 10.3 Å². The van der Waals surface area contributed by atoms with Crippen LogP contribution in [0.15, 0.2) is 24.3 Å². The molecule has 1 N–H and O–H groups in total. The normalized spacial score (nSPS) is 17.0. The van der Waals surface area contributed by atoms with Gasteiger partial charge in [0.1, 0.15) is 5.82 Å². The van der Waals surface area contributed by atoms with Crippen LogP contribution in [0.4, 0.5) is 4.79 Å². The van der Waals surface area contributed by atoms with Gasteiger partial charge < -0.3 is 19.5 Å². The number of hydrogen-bond acceptors (Lipinski definition) is 3. The Kier molecular flexibility index (Phi) is 3.79. The molecule has 0 aliphatic carbocycles. The summed E-state index contributed by atoms with van der Waals surface area (Å²) in [5.41, 5.74) is 2.02. The van der Waals surface area contributed by atoms with Crippen LogP contribution in [-0.2, 0) is 11.8 Å². The van der Waals surface area contributed by atoms with E-state index in [4.69, 9.17) is 4.74 Å². The van der Waals surface area contributed by atoms with Crippen molar-refractivity contribution in [3.8, 4) is 0 Å². The first-order chi connectivity index (χ1) is 10.2. The molecular formula is C15H20N4O2. The van der Waals surface area contributed by atoms with Gasteiger partial charge in [-0.1, -0.05) is 12.1 Å². The van der Waals surface area contributed by atoms with Gasteiger partial charge in [0.2, 0.25) is 0 Å². The summed E-state index contributed by atoms with van der Waals surface area (Å²) < 4.78 is 7.29. The zero-order valence-electron chi connectivity index (χ0n) is 12.4. The molecule has 1 aromatic heterocycles. The third kappa shape index (κ3) is 2.71. The van der Waals surface area contributed by atoms with Crippen LogP contribution >= 0.6 is 0 Å². The molecule has 3 rings (SSSR count). The summed E-state index contributed by atoms with van der Waals surface area (Å²) in [7, 11) is 1.97. The number of urea groups is 1. The van der Waals surface area contributed by atoms with Crippen molar-refractivity contribution >= 4 is 17.1 Å². The number of fused-ring (bicyclic) bond motifs is 1. The number of nitrogens with zero attached hydrogens (tertiary/aromatic N) is 3. The molecule has 0 bridgehead atoms. The molecule has 2 heterocycles. The van der Waals surface area contributed by atoms with Crippen LogP contribution in [0.25, 0.3) is 11.0 Å². The second-order valence-electron chi connectivity index (χ2n) is 5.29. The van der Waals surface area contributed by atoms with E-state index in [1.165, 1.54) is 0 Å². The number of aryl methyl sites for hydroxylation is 1. The molecule has 1 saturated heterocycles. The van der Waals surface area contributed by atoms with E-state index >= 15 is 0 Å². The summed E-state index contributed by atoms with van der Waals surface area (Å²) in [5, 5.41) is 3.02. The minimum absolute atomic E-state index is 0.0575. The van der Waals surface area contributed by atoms with Gasteiger partial charge in [0.05, 0.1) is 30.3 Å². The molecule has 0 spiro atoms. The number of nitrogens with one attached hydrogen (secondary N) is 1. The predicted molar refractivity (Wildman–Crippen MR) is 80.1 cm³/mol. The van der Waals surface area contributed by atoms with E-state index < -0.39 is 0 Å². The zero-order chi connectivity index (χ0) is 14.8. The molecule has 6 heteroatoms. The molecule has 0 radical (unpaired) electrons. The number of hydrogen-bond donors (Lipinski definition) is 1. The first-order valence-corrected chi connectivity index (χ1v) is 7.21. The van der Waals surface area contributed by atoms with Crippen molar-refractivity contribution in [2.75, 3.05) is 26.3 Å². The number of imidazole rings is 1. The van der Waals surface area contributed by atoms with Crippen molar-refractivity contribution in [2.45, 2.75) is 13.0 Å². The van der Waals surface area contributed by atoms with Gasteiger partial charge in [0.15, 0.2) is 0 Å². The Morgan fingerprint density at radius 1 is 1.33 bits per heavy atom. The number of morpholine rings is 1. The van der Waals surface area contributed by atoms with E-state index in [0.717, 1.165) is 16.9 Å². The highest BCUT2D eigenvalue weighted by Crippen LogP contribution is 2.19. The van der Waals surface area contributed by atoms with Crippen molar-refractivity contribution in [3.63, 3.8) is 0 Å². The maximum absolute atomic E-state index is 12.2. The highest BCUT2D eigenvalue weighted by Gasteiger charge is 2.21. The quantitative estimate of drug-likeness (QED) is 0.914. The van der Waals surface area contributed by atoms with Gasteiger partial charge in [-0.25, -0.2) is 9.78 Å². The Balaban J connectivity index is 1.75. The van der Waals surface area contributed by atoms with E-state index in [0.29, 0.717) is 26.3 Å². The highest BCUT2D eigenvalue weighted by atomic mass is 16.5. The summed E-state index contributed by atoms with van der Waals surface area (Å²) in [5.74, 6) is 0.859. The molecular weight excluding hydrogens is 268 g/mol. The van der Waals surface area contributed by atoms with Crippen LogP contribution in [-0.4, -0.2) is 46.8 Å². The number of ether oxygens (including phenoxy) is 1. The van der Waals surface area contributed by atoms with E-state index in [9.17, 15) is 4.79 Å². The van der Waals surface area contributed by atoms with Gasteiger partial charge in [0.25, 0.3) is 0 Å². The number of aromatic nitrogens is 2. The van der Waals surface area contributed by atoms with Crippen molar-refractivity contribution in [1.82, 2.24) is 19.8 Å². The van der Waals surface area contributed by atoms with Crippen LogP contribution < -0.4 is 5.32 Å². The van der Waals surface area contributed by atoms with E-state index in [1.54, 1.807) is 4.90 Å². The highest BCUT2D eigenvalue weighted by molar-refractivity contribution is 5.77. The van der Waals surface area contributed by atoms with E-state index in [1.807, 2.05) is 42.8 Å². The van der Waals surface area contributed by atoms with Crippen LogP contribution in [0.3, 0.4) is 0 Å². The molecule has 1 aliphatic heterocycles. The van der Waals surface area contributed by atoms with Crippen LogP contribution in [0.1, 0.15) is 18.8 Å². The van der Waals surface area contributed by atoms with Gasteiger partial charge in [-0.3, -0.25) is 0 Å². The number of carbonyl (C=O) groups is 1. The van der Waals surface area contributed by atoms with Crippen LogP contribution in [0, 0.1) is 0 Å². The maximum Gasteiger partial charge on any atom is 0.318 e. The number of para-hydroxylation sites is 2. The molecule has 1 fully saturated rings. The smallest absolute Gasteiger partial charge is 0.318 e. The Labute approximate surface area is 123 Å². The van der Waals surface area contributed by atoms with Gasteiger partial charge in [-0.15, -0.1) is 0 Å². The second-order valence-corrected chi connectivity index (χ2v) is 5.29. The molecule has 2 amide bonds. The van der Waals surface area contributed by atoms with E-state index in [-0.39, 0.29) is 12.1 Å². The number of amides is 2. The number of carbonyl (C=O) groups excluding carboxylic acids is 1. The standard InChI is InChI=1S/C15H20N4O2/c1-11(16-15(20)19-7-9-21-10-8-19)14-17-12-5-3-4-6-13(12)18(14)2/h3-6,11H,7-10H2,1-2H3,(H,16,20)/t11-/m0/s1. The fraction of sp³-hybridized carbons (Fsp3) is 0.467. The van der Waals surface area contributed by atoms with Gasteiger partial charge >= 0.3 is 6.03 Å². The summed E-state index contributed by atoms with van der Waals surface area (Å²) in [6.07, 6.45) is 0. The van der Waals surface area contributed by atoms with Crippen molar-refractivity contribution in [2.24, 2.45) is 7.05 Å². The van der Waals surface area contributed by atoms with Crippen LogP contribution in [0.2, 0.25) is 0 Å². The lowest BCUT2D eigenvalue weighted by Crippen LogP contribution is -2.47. The maximum atomic E-state index is 12.2. The van der Waals surface area contributed by atoms with Crippen molar-refractivity contribution in [1.29, 1.82) is 0 Å². The third-order valence-corrected chi connectivity index (χ3v) is 3.85. The first kappa shape index (κ1) is 13.9. The summed E-state index contributed by atoms with van der Waals surface area (Å²) >= 11 is 0. The van der Waals surface area contributed by atoms with Gasteiger partial charge in [-0.05, 0) is 19.1 Å². The average Bonchev–Trinajstić information content (AvgIpc) is 2.86. The number of rotatable bonds is 2. The average molecular weight is 288 g/mol. The summed E-state index contributed by atoms with van der Waals surface area (Å²) in [4.78, 5) is 18.6. The zero-order valence-corrected chi connectivity index (χ0v) is 12.4. The number of benzene rings is 1. The molecule has 0 unspecified atom stereocenters. The summed E-state index contributed by atoms with van der Waals surface area (Å²) in [6, 6.07) is 7.77. The Hall–Kier alpha value is -2.08. The van der Waals surface area contributed by atoms with Crippen molar-refractivity contribution in [3.05, 3.63) is 30.1 Å². The second kappa shape index (κ2) is 5.73. The lowest BCUT2D eigenvalue weighted by atomic mass is 10.3. The first-order valence-electron chi connectivity index (χ1n) is 7.21. The lowest BCUT2D eigenvalue weighted by Gasteiger charge is -2.28. The minimum Gasteiger partial charge on any atom is -0.378 e. The predicted octanol–water partition coefficient (Wildman–Crippen LogP) is 1.68. The Morgan fingerprint density at radius 2 is 2.05 bits per heavy atom. The molecule has 1 atom stereocenters. The third-order valence-electron chi connectivity index (χ3n) is 3.85. The van der Waals surface area contributed by atoms with Crippen molar-refractivity contribution < 1.29 is 9.53 Å². The monoisotopic (exact) mass is 288 g/mol. The molecule has 1 aliphatic rings. The topological polar surface area (TPSA) is 59.4 Å². The lowest BCUT2D eigenvalue weighted by molar-refractivity contribution is 0.0525. The molecule has 0 saturated carbocycles. The molecule has 2 aromatic rings. The SMILES string of the molecule is C[C@H](NC(=O)N1CCOCC1)c1nc2ccccc2n1C. The minimum atomic E-state index is -0.141. The fourth-order valence-corrected chi connectivity index (χ4v) is 2.66. The molecule has 1 aromatic carbocycles. The fourth-order valence-electron chi connectivity index (χ4n) is 2.66. The van der Waals surface area contributed by atoms with Gasteiger partial charge in [-0.2, -0.15) is 0 Å². The van der Waals surface area contributed by atoms with Gasteiger partial charge in [0, 0.05) is 20.1 Å². The molecule has 112 valence electrons. The summed E-state index contributed by atoms with van der Waals surface area (Å²) in [6.45, 7) is 4.45. The Bertz CT molecular complexity index is 646. The van der Waals surface area contributed by atoms with Crippen LogP contribution in [0.5, 0.6) is 0 Å². The largest absolute Gasteiger partial charge is 0.378 e. The molecule has 6 nitrogen and oxygen atoms in total. The molecule has 21 heavy (non-hydrogen) atoms.